The van der Waals surface area contributed by atoms with Crippen LogP contribution >= 0.6 is 11.3 Å². The zero-order valence-electron chi connectivity index (χ0n) is 13.9. The molecule has 0 aliphatic heterocycles. The van der Waals surface area contributed by atoms with Gasteiger partial charge in [0.2, 0.25) is 0 Å². The number of nitrogen functional groups attached to an aromatic ring is 1. The number of aromatic nitrogens is 1. The van der Waals surface area contributed by atoms with Crippen LogP contribution in [0.1, 0.15) is 33.5 Å². The Morgan fingerprint density at radius 1 is 1.00 bits per heavy atom. The maximum absolute atomic E-state index is 5.76. The van der Waals surface area contributed by atoms with Gasteiger partial charge in [0.1, 0.15) is 0 Å². The molecule has 0 amide bonds. The van der Waals surface area contributed by atoms with Gasteiger partial charge in [-0.25, -0.2) is 4.98 Å². The Hall–Kier alpha value is -2.13. The SMILES string of the molecule is CCc1sc(Cc2ccc(N)cc2)nc1-c1ccc(C)c(C)c1. The lowest BCUT2D eigenvalue weighted by Gasteiger charge is -2.04. The van der Waals surface area contributed by atoms with Crippen molar-refractivity contribution in [2.45, 2.75) is 33.6 Å². The van der Waals surface area contributed by atoms with Gasteiger partial charge in [0.05, 0.1) is 10.7 Å². The number of thiazole rings is 1. The van der Waals surface area contributed by atoms with E-state index in [4.69, 9.17) is 10.7 Å². The standard InChI is InChI=1S/C20H22N2S/c1-4-18-20(16-8-5-13(2)14(3)11-16)22-19(23-18)12-15-6-9-17(21)10-7-15/h5-11H,4,12,21H2,1-3H3. The number of hydrogen-bond acceptors (Lipinski definition) is 3. The van der Waals surface area contributed by atoms with E-state index in [-0.39, 0.29) is 0 Å². The van der Waals surface area contributed by atoms with Gasteiger partial charge in [0, 0.05) is 22.5 Å². The second-order valence-electron chi connectivity index (χ2n) is 5.95. The lowest BCUT2D eigenvalue weighted by atomic mass is 10.0. The molecular formula is C20H22N2S. The highest BCUT2D eigenvalue weighted by molar-refractivity contribution is 7.12. The highest BCUT2D eigenvalue weighted by Crippen LogP contribution is 2.31. The van der Waals surface area contributed by atoms with Crippen LogP contribution in [0, 0.1) is 13.8 Å². The monoisotopic (exact) mass is 322 g/mol. The maximum Gasteiger partial charge on any atom is 0.0979 e. The molecule has 0 unspecified atom stereocenters. The van der Waals surface area contributed by atoms with Crippen molar-refractivity contribution in [2.24, 2.45) is 0 Å². The number of rotatable bonds is 4. The van der Waals surface area contributed by atoms with Crippen LogP contribution in [0.15, 0.2) is 42.5 Å². The Morgan fingerprint density at radius 3 is 2.39 bits per heavy atom. The van der Waals surface area contributed by atoms with Crippen LogP contribution in [0.3, 0.4) is 0 Å². The van der Waals surface area contributed by atoms with Gasteiger partial charge in [-0.05, 0) is 55.2 Å². The van der Waals surface area contributed by atoms with E-state index in [0.717, 1.165) is 24.2 Å². The predicted molar refractivity (Wildman–Crippen MR) is 100 cm³/mol. The summed E-state index contributed by atoms with van der Waals surface area (Å²) in [7, 11) is 0. The summed E-state index contributed by atoms with van der Waals surface area (Å²) in [5.41, 5.74) is 12.8. The average Bonchev–Trinajstić information content (AvgIpc) is 2.95. The van der Waals surface area contributed by atoms with Crippen LogP contribution in [0.2, 0.25) is 0 Å². The van der Waals surface area contributed by atoms with Gasteiger partial charge in [-0.2, -0.15) is 0 Å². The number of hydrogen-bond donors (Lipinski definition) is 1. The largest absolute Gasteiger partial charge is 0.399 e. The molecule has 0 saturated carbocycles. The predicted octanol–water partition coefficient (Wildman–Crippen LogP) is 5.16. The topological polar surface area (TPSA) is 38.9 Å². The van der Waals surface area contributed by atoms with Crippen LogP contribution < -0.4 is 5.73 Å². The molecule has 1 heterocycles. The lowest BCUT2D eigenvalue weighted by molar-refractivity contribution is 1.12. The van der Waals surface area contributed by atoms with Gasteiger partial charge >= 0.3 is 0 Å². The Labute approximate surface area is 142 Å². The summed E-state index contributed by atoms with van der Waals surface area (Å²) in [5, 5.41) is 1.17. The first kappa shape index (κ1) is 15.8. The molecule has 0 fully saturated rings. The fourth-order valence-electron chi connectivity index (χ4n) is 2.64. The van der Waals surface area contributed by atoms with Gasteiger partial charge in [0.15, 0.2) is 0 Å². The van der Waals surface area contributed by atoms with Crippen LogP contribution in [0.4, 0.5) is 5.69 Å². The fourth-order valence-corrected chi connectivity index (χ4v) is 3.70. The van der Waals surface area contributed by atoms with Gasteiger partial charge in [-0.3, -0.25) is 0 Å². The minimum atomic E-state index is 0.804. The molecule has 23 heavy (non-hydrogen) atoms. The quantitative estimate of drug-likeness (QED) is 0.674. The molecule has 0 radical (unpaired) electrons. The minimum Gasteiger partial charge on any atom is -0.399 e. The molecule has 3 rings (SSSR count). The minimum absolute atomic E-state index is 0.804. The van der Waals surface area contributed by atoms with E-state index >= 15 is 0 Å². The van der Waals surface area contributed by atoms with Crippen molar-refractivity contribution in [2.75, 3.05) is 5.73 Å². The third-order valence-electron chi connectivity index (χ3n) is 4.18. The molecule has 3 aromatic rings. The summed E-state index contributed by atoms with van der Waals surface area (Å²) < 4.78 is 0. The van der Waals surface area contributed by atoms with Gasteiger partial charge in [0.25, 0.3) is 0 Å². The molecule has 2 nitrogen and oxygen atoms in total. The highest BCUT2D eigenvalue weighted by Gasteiger charge is 2.13. The van der Waals surface area contributed by atoms with Crippen LogP contribution in [-0.2, 0) is 12.8 Å². The molecular weight excluding hydrogens is 300 g/mol. The van der Waals surface area contributed by atoms with E-state index in [1.54, 1.807) is 0 Å². The van der Waals surface area contributed by atoms with E-state index in [9.17, 15) is 0 Å². The van der Waals surface area contributed by atoms with Gasteiger partial charge in [-0.15, -0.1) is 11.3 Å². The second-order valence-corrected chi connectivity index (χ2v) is 7.12. The van der Waals surface area contributed by atoms with Gasteiger partial charge < -0.3 is 5.73 Å². The summed E-state index contributed by atoms with van der Waals surface area (Å²) in [6.07, 6.45) is 1.88. The average molecular weight is 322 g/mol. The molecule has 0 aliphatic rings. The summed E-state index contributed by atoms with van der Waals surface area (Å²) in [4.78, 5) is 6.29. The summed E-state index contributed by atoms with van der Waals surface area (Å²) >= 11 is 1.82. The Bertz CT molecular complexity index is 816. The maximum atomic E-state index is 5.76. The fraction of sp³-hybridized carbons (Fsp3) is 0.250. The molecule has 0 aliphatic carbocycles. The van der Waals surface area contributed by atoms with E-state index in [2.05, 4.69) is 51.1 Å². The molecule has 3 heteroatoms. The molecule has 0 bridgehead atoms. The summed E-state index contributed by atoms with van der Waals surface area (Å²) in [6, 6.07) is 14.7. The Morgan fingerprint density at radius 2 is 1.74 bits per heavy atom. The highest BCUT2D eigenvalue weighted by atomic mass is 32.1. The molecule has 1 aromatic heterocycles. The smallest absolute Gasteiger partial charge is 0.0979 e. The number of anilines is 1. The Kier molecular flexibility index (Phi) is 4.49. The first-order chi connectivity index (χ1) is 11.1. The lowest BCUT2D eigenvalue weighted by Crippen LogP contribution is -1.90. The van der Waals surface area contributed by atoms with Crippen LogP contribution in [0.25, 0.3) is 11.3 Å². The third-order valence-corrected chi connectivity index (χ3v) is 5.38. The zero-order chi connectivity index (χ0) is 16.4. The van der Waals surface area contributed by atoms with Crippen molar-refractivity contribution in [3.63, 3.8) is 0 Å². The number of nitrogens with zero attached hydrogens (tertiary/aromatic N) is 1. The van der Waals surface area contributed by atoms with E-state index < -0.39 is 0 Å². The van der Waals surface area contributed by atoms with Crippen LogP contribution in [-0.4, -0.2) is 4.98 Å². The van der Waals surface area contributed by atoms with Crippen molar-refractivity contribution in [3.05, 3.63) is 69.0 Å². The first-order valence-corrected chi connectivity index (χ1v) is 8.79. The normalized spacial score (nSPS) is 10.9. The van der Waals surface area contributed by atoms with E-state index in [0.29, 0.717) is 0 Å². The third kappa shape index (κ3) is 3.45. The number of benzene rings is 2. The van der Waals surface area contributed by atoms with E-state index in [1.807, 2.05) is 23.5 Å². The van der Waals surface area contributed by atoms with Crippen molar-refractivity contribution in [1.29, 1.82) is 0 Å². The number of nitrogens with two attached hydrogens (primary N) is 1. The molecule has 0 atom stereocenters. The second kappa shape index (κ2) is 6.55. The first-order valence-electron chi connectivity index (χ1n) is 7.97. The van der Waals surface area contributed by atoms with Crippen molar-refractivity contribution in [1.82, 2.24) is 4.98 Å². The summed E-state index contributed by atoms with van der Waals surface area (Å²) in [6.45, 7) is 6.50. The molecule has 2 N–H and O–H groups in total. The van der Waals surface area contributed by atoms with E-state index in [1.165, 1.54) is 32.1 Å². The number of aryl methyl sites for hydroxylation is 3. The van der Waals surface area contributed by atoms with Crippen molar-refractivity contribution < 1.29 is 0 Å². The van der Waals surface area contributed by atoms with Crippen molar-refractivity contribution >= 4 is 17.0 Å². The molecule has 0 spiro atoms. The van der Waals surface area contributed by atoms with Crippen molar-refractivity contribution in [3.8, 4) is 11.3 Å². The summed E-state index contributed by atoms with van der Waals surface area (Å²) in [5.74, 6) is 0. The van der Waals surface area contributed by atoms with Crippen LogP contribution in [0.5, 0.6) is 0 Å². The molecule has 0 saturated heterocycles. The Balaban J connectivity index is 1.93. The molecule has 2 aromatic carbocycles. The zero-order valence-corrected chi connectivity index (χ0v) is 14.7. The van der Waals surface area contributed by atoms with Gasteiger partial charge in [-0.1, -0.05) is 31.2 Å². The molecule has 118 valence electrons.